The van der Waals surface area contributed by atoms with Gasteiger partial charge < -0.3 is 5.32 Å². The van der Waals surface area contributed by atoms with Crippen molar-refractivity contribution in [2.75, 3.05) is 11.9 Å². The third kappa shape index (κ3) is 3.57. The van der Waals surface area contributed by atoms with E-state index in [1.165, 1.54) is 6.07 Å². The molecule has 1 aromatic rings. The zero-order valence-corrected chi connectivity index (χ0v) is 9.27. The average Bonchev–Trinajstić information content (AvgIpc) is 2.04. The van der Waals surface area contributed by atoms with E-state index < -0.39 is 11.7 Å². The third-order valence-corrected chi connectivity index (χ3v) is 1.57. The molecule has 0 aromatic heterocycles. The summed E-state index contributed by atoms with van der Waals surface area (Å²) >= 11 is 0. The number of alkyl halides is 3. The Morgan fingerprint density at radius 1 is 1.29 bits per heavy atom. The summed E-state index contributed by atoms with van der Waals surface area (Å²) in [6.45, 7) is 2.45. The van der Waals surface area contributed by atoms with Crippen molar-refractivity contribution in [1.82, 2.24) is 0 Å². The molecule has 5 heteroatoms. The number of rotatable bonds is 2. The van der Waals surface area contributed by atoms with Gasteiger partial charge in [0, 0.05) is 12.2 Å². The zero-order chi connectivity index (χ0) is 9.90. The van der Waals surface area contributed by atoms with Crippen LogP contribution in [0.5, 0.6) is 0 Å². The van der Waals surface area contributed by atoms with E-state index in [0.717, 1.165) is 12.1 Å². The van der Waals surface area contributed by atoms with Crippen LogP contribution in [0.4, 0.5) is 18.9 Å². The lowest BCUT2D eigenvalue weighted by Gasteiger charge is -2.08. The van der Waals surface area contributed by atoms with E-state index in [-0.39, 0.29) is 17.0 Å². The second-order valence-corrected chi connectivity index (χ2v) is 2.61. The van der Waals surface area contributed by atoms with Crippen molar-refractivity contribution in [3.05, 3.63) is 29.8 Å². The summed E-state index contributed by atoms with van der Waals surface area (Å²) in [6, 6.07) is 5.16. The first-order chi connectivity index (χ1) is 6.04. The molecule has 0 amide bonds. The molecule has 0 aliphatic rings. The normalized spacial score (nSPS) is 10.6. The van der Waals surface area contributed by atoms with Crippen molar-refractivity contribution in [2.45, 2.75) is 13.1 Å². The van der Waals surface area contributed by atoms with Crippen molar-refractivity contribution in [1.29, 1.82) is 0 Å². The molecule has 0 aliphatic heterocycles. The smallest absolute Gasteiger partial charge is 0.385 e. The van der Waals surface area contributed by atoms with Gasteiger partial charge in [-0.3, -0.25) is 0 Å². The van der Waals surface area contributed by atoms with Gasteiger partial charge in [-0.1, -0.05) is 6.07 Å². The van der Waals surface area contributed by atoms with Gasteiger partial charge in [0.25, 0.3) is 0 Å². The molecule has 1 aromatic carbocycles. The van der Waals surface area contributed by atoms with E-state index in [2.05, 4.69) is 5.32 Å². The minimum atomic E-state index is -4.26. The molecule has 0 saturated carbocycles. The Kier molecular flexibility index (Phi) is 4.97. The molecule has 0 heterocycles. The predicted octanol–water partition coefficient (Wildman–Crippen LogP) is 3.72. The van der Waals surface area contributed by atoms with Crippen LogP contribution in [0.2, 0.25) is 0 Å². The third-order valence-electron chi connectivity index (χ3n) is 1.57. The summed E-state index contributed by atoms with van der Waals surface area (Å²) in [6.07, 6.45) is -4.26. The Morgan fingerprint density at radius 3 is 2.43 bits per heavy atom. The summed E-state index contributed by atoms with van der Waals surface area (Å²) in [5, 5.41) is 2.82. The molecular weight excluding hydrogens is 259 g/mol. The second kappa shape index (κ2) is 5.24. The van der Waals surface area contributed by atoms with Crippen molar-refractivity contribution in [2.24, 2.45) is 0 Å². The minimum absolute atomic E-state index is 0. The number of benzene rings is 1. The molecule has 0 unspecified atom stereocenters. The van der Waals surface area contributed by atoms with Crippen LogP contribution < -0.4 is 5.32 Å². The molecule has 0 radical (unpaired) electrons. The maximum absolute atomic E-state index is 12.2. The van der Waals surface area contributed by atoms with Crippen LogP contribution in [-0.2, 0) is 6.18 Å². The molecule has 14 heavy (non-hydrogen) atoms. The highest BCUT2D eigenvalue weighted by molar-refractivity contribution is 8.93. The monoisotopic (exact) mass is 269 g/mol. The molecule has 80 valence electrons. The van der Waals surface area contributed by atoms with Gasteiger partial charge in [-0.25, -0.2) is 0 Å². The lowest BCUT2D eigenvalue weighted by Crippen LogP contribution is -2.06. The Balaban J connectivity index is 0.00000169. The number of anilines is 1. The number of halogens is 4. The first kappa shape index (κ1) is 13.3. The summed E-state index contributed by atoms with van der Waals surface area (Å²) in [5.74, 6) is 0. The van der Waals surface area contributed by atoms with E-state index in [0.29, 0.717) is 12.2 Å². The Labute approximate surface area is 91.1 Å². The van der Waals surface area contributed by atoms with Gasteiger partial charge >= 0.3 is 6.18 Å². The summed E-state index contributed by atoms with van der Waals surface area (Å²) in [7, 11) is 0. The molecule has 0 saturated heterocycles. The molecule has 1 nitrogen and oxygen atoms in total. The van der Waals surface area contributed by atoms with E-state index in [1.807, 2.05) is 6.92 Å². The number of nitrogens with one attached hydrogen (secondary N) is 1. The van der Waals surface area contributed by atoms with Crippen molar-refractivity contribution in [3.63, 3.8) is 0 Å². The standard InChI is InChI=1S/C9H10F3N.BrH/c1-2-13-8-5-3-4-7(6-8)9(10,11)12;/h3-6,13H,2H2,1H3;1H. The van der Waals surface area contributed by atoms with Crippen LogP contribution in [0.3, 0.4) is 0 Å². The number of hydrogen-bond donors (Lipinski definition) is 1. The Bertz CT molecular complexity index is 286. The average molecular weight is 270 g/mol. The summed E-state index contributed by atoms with van der Waals surface area (Å²) in [4.78, 5) is 0. The molecular formula is C9H11BrF3N. The van der Waals surface area contributed by atoms with Crippen molar-refractivity contribution >= 4 is 22.7 Å². The fraction of sp³-hybridized carbons (Fsp3) is 0.333. The van der Waals surface area contributed by atoms with Gasteiger partial charge in [-0.15, -0.1) is 17.0 Å². The van der Waals surface area contributed by atoms with E-state index in [1.54, 1.807) is 6.07 Å². The first-order valence-corrected chi connectivity index (χ1v) is 3.95. The number of hydrogen-bond acceptors (Lipinski definition) is 1. The highest BCUT2D eigenvalue weighted by atomic mass is 79.9. The van der Waals surface area contributed by atoms with Gasteiger partial charge in [-0.2, -0.15) is 13.2 Å². The van der Waals surface area contributed by atoms with Crippen molar-refractivity contribution in [3.8, 4) is 0 Å². The largest absolute Gasteiger partial charge is 0.416 e. The van der Waals surface area contributed by atoms with Gasteiger partial charge in [0.2, 0.25) is 0 Å². The molecule has 0 bridgehead atoms. The lowest BCUT2D eigenvalue weighted by atomic mass is 10.2. The van der Waals surface area contributed by atoms with Crippen LogP contribution in [0.1, 0.15) is 12.5 Å². The maximum Gasteiger partial charge on any atom is 0.416 e. The molecule has 0 fully saturated rings. The SMILES string of the molecule is Br.CCNc1cccc(C(F)(F)F)c1. The van der Waals surface area contributed by atoms with E-state index in [9.17, 15) is 13.2 Å². The molecule has 0 atom stereocenters. The molecule has 0 aliphatic carbocycles. The topological polar surface area (TPSA) is 12.0 Å². The van der Waals surface area contributed by atoms with Crippen LogP contribution in [0.15, 0.2) is 24.3 Å². The Hall–Kier alpha value is -0.710. The fourth-order valence-corrected chi connectivity index (χ4v) is 1.01. The summed E-state index contributed by atoms with van der Waals surface area (Å²) < 4.78 is 36.5. The highest BCUT2D eigenvalue weighted by Crippen LogP contribution is 2.30. The minimum Gasteiger partial charge on any atom is -0.385 e. The highest BCUT2D eigenvalue weighted by Gasteiger charge is 2.30. The van der Waals surface area contributed by atoms with Crippen LogP contribution in [-0.4, -0.2) is 6.54 Å². The predicted molar refractivity (Wildman–Crippen MR) is 55.9 cm³/mol. The van der Waals surface area contributed by atoms with Crippen LogP contribution in [0, 0.1) is 0 Å². The van der Waals surface area contributed by atoms with E-state index in [4.69, 9.17) is 0 Å². The van der Waals surface area contributed by atoms with Gasteiger partial charge in [0.1, 0.15) is 0 Å². The van der Waals surface area contributed by atoms with E-state index >= 15 is 0 Å². The summed E-state index contributed by atoms with van der Waals surface area (Å²) in [5.41, 5.74) is -0.122. The van der Waals surface area contributed by atoms with Crippen molar-refractivity contribution < 1.29 is 13.2 Å². The van der Waals surface area contributed by atoms with Gasteiger partial charge in [0.15, 0.2) is 0 Å². The molecule has 1 N–H and O–H groups in total. The second-order valence-electron chi connectivity index (χ2n) is 2.61. The zero-order valence-electron chi connectivity index (χ0n) is 7.56. The lowest BCUT2D eigenvalue weighted by molar-refractivity contribution is -0.137. The van der Waals surface area contributed by atoms with Gasteiger partial charge in [0.05, 0.1) is 5.56 Å². The van der Waals surface area contributed by atoms with Crippen LogP contribution >= 0.6 is 17.0 Å². The molecule has 0 spiro atoms. The molecule has 1 rings (SSSR count). The fourth-order valence-electron chi connectivity index (χ4n) is 1.01. The first-order valence-electron chi connectivity index (χ1n) is 3.95. The Morgan fingerprint density at radius 2 is 1.93 bits per heavy atom. The quantitative estimate of drug-likeness (QED) is 0.863. The maximum atomic E-state index is 12.2. The van der Waals surface area contributed by atoms with Crippen LogP contribution in [0.25, 0.3) is 0 Å². The van der Waals surface area contributed by atoms with Gasteiger partial charge in [-0.05, 0) is 25.1 Å².